The number of fused-ring (bicyclic) bond motifs is 3. The number of rotatable bonds is 7. The molecule has 0 bridgehead atoms. The number of nitrogens with one attached hydrogen (secondary N) is 1. The second kappa shape index (κ2) is 10.2. The molecule has 0 fully saturated rings. The standard InChI is InChI=1S/C29H27NO6S/c1-4-34-29(33)26-23(18-9-8-16(2)17(3)12-18)15-37-27(26)30-25(31)14-35-19-10-11-21-20-6-5-7-22(20)28(32)36-24(21)13-19/h8-13,15H,4-7,14H2,1-3H3,(H,30,31). The van der Waals surface area contributed by atoms with Gasteiger partial charge in [-0.2, -0.15) is 0 Å². The zero-order valence-corrected chi connectivity index (χ0v) is 21.8. The molecule has 4 aromatic rings. The van der Waals surface area contributed by atoms with Gasteiger partial charge in [-0.25, -0.2) is 9.59 Å². The Morgan fingerprint density at radius 3 is 2.65 bits per heavy atom. The van der Waals surface area contributed by atoms with Crippen LogP contribution in [-0.2, 0) is 22.4 Å². The highest BCUT2D eigenvalue weighted by Crippen LogP contribution is 2.37. The Bertz CT molecular complexity index is 1580. The van der Waals surface area contributed by atoms with E-state index in [1.807, 2.05) is 43.5 Å². The lowest BCUT2D eigenvalue weighted by molar-refractivity contribution is -0.118. The van der Waals surface area contributed by atoms with Gasteiger partial charge in [0, 0.05) is 28.0 Å². The minimum Gasteiger partial charge on any atom is -0.484 e. The Kier molecular flexibility index (Phi) is 6.84. The van der Waals surface area contributed by atoms with Crippen LogP contribution in [-0.4, -0.2) is 25.1 Å². The number of hydrogen-bond acceptors (Lipinski definition) is 7. The Morgan fingerprint density at radius 2 is 1.86 bits per heavy atom. The highest BCUT2D eigenvalue weighted by atomic mass is 32.1. The molecule has 5 rings (SSSR count). The number of esters is 1. The molecule has 2 heterocycles. The predicted molar refractivity (Wildman–Crippen MR) is 144 cm³/mol. The summed E-state index contributed by atoms with van der Waals surface area (Å²) < 4.78 is 16.5. The van der Waals surface area contributed by atoms with E-state index < -0.39 is 11.9 Å². The minimum atomic E-state index is -0.495. The first-order valence-corrected chi connectivity index (χ1v) is 13.1. The third kappa shape index (κ3) is 4.89. The molecule has 0 unspecified atom stereocenters. The lowest BCUT2D eigenvalue weighted by atomic mass is 9.99. The summed E-state index contributed by atoms with van der Waals surface area (Å²) in [7, 11) is 0. The SMILES string of the molecule is CCOC(=O)c1c(-c2ccc(C)c(C)c2)csc1NC(=O)COc1ccc2c3c(c(=O)oc2c1)CCC3. The smallest absolute Gasteiger partial charge is 0.341 e. The summed E-state index contributed by atoms with van der Waals surface area (Å²) in [5.74, 6) is -0.504. The van der Waals surface area contributed by atoms with Crippen molar-refractivity contribution < 1.29 is 23.5 Å². The van der Waals surface area contributed by atoms with Gasteiger partial charge in [-0.05, 0) is 74.4 Å². The number of hydrogen-bond donors (Lipinski definition) is 1. The molecular weight excluding hydrogens is 490 g/mol. The van der Waals surface area contributed by atoms with E-state index in [1.165, 1.54) is 11.3 Å². The molecule has 0 aliphatic heterocycles. The van der Waals surface area contributed by atoms with E-state index in [0.29, 0.717) is 27.5 Å². The van der Waals surface area contributed by atoms with E-state index in [-0.39, 0.29) is 18.8 Å². The Morgan fingerprint density at radius 1 is 1.05 bits per heavy atom. The van der Waals surface area contributed by atoms with Gasteiger partial charge in [-0.3, -0.25) is 4.79 Å². The third-order valence-electron chi connectivity index (χ3n) is 6.66. The van der Waals surface area contributed by atoms with Crippen molar-refractivity contribution >= 4 is 39.2 Å². The molecule has 2 aromatic carbocycles. The lowest BCUT2D eigenvalue weighted by Gasteiger charge is -2.11. The van der Waals surface area contributed by atoms with Crippen molar-refractivity contribution in [2.45, 2.75) is 40.0 Å². The zero-order valence-electron chi connectivity index (χ0n) is 20.9. The molecule has 190 valence electrons. The van der Waals surface area contributed by atoms with E-state index >= 15 is 0 Å². The minimum absolute atomic E-state index is 0.221. The molecule has 0 spiro atoms. The van der Waals surface area contributed by atoms with Crippen LogP contribution in [0.3, 0.4) is 0 Å². The molecule has 1 amide bonds. The molecule has 0 saturated heterocycles. The fourth-order valence-corrected chi connectivity index (χ4v) is 5.62. The van der Waals surface area contributed by atoms with Gasteiger partial charge in [-0.1, -0.05) is 18.2 Å². The summed E-state index contributed by atoms with van der Waals surface area (Å²) in [4.78, 5) is 37.9. The van der Waals surface area contributed by atoms with Crippen molar-refractivity contribution in [3.05, 3.63) is 80.0 Å². The average molecular weight is 518 g/mol. The van der Waals surface area contributed by atoms with Crippen molar-refractivity contribution in [1.29, 1.82) is 0 Å². The van der Waals surface area contributed by atoms with Crippen LogP contribution in [0.4, 0.5) is 5.00 Å². The quantitative estimate of drug-likeness (QED) is 0.245. The lowest BCUT2D eigenvalue weighted by Crippen LogP contribution is -2.21. The summed E-state index contributed by atoms with van der Waals surface area (Å²) in [6, 6.07) is 11.2. The van der Waals surface area contributed by atoms with Crippen LogP contribution < -0.4 is 15.7 Å². The number of aryl methyl sites for hydroxylation is 3. The molecule has 0 saturated carbocycles. The highest BCUT2D eigenvalue weighted by molar-refractivity contribution is 7.15. The molecule has 0 radical (unpaired) electrons. The predicted octanol–water partition coefficient (Wildman–Crippen LogP) is 5.82. The molecule has 1 aliphatic rings. The maximum atomic E-state index is 12.8. The van der Waals surface area contributed by atoms with E-state index in [9.17, 15) is 14.4 Å². The average Bonchev–Trinajstić information content (AvgIpc) is 3.53. The van der Waals surface area contributed by atoms with Crippen LogP contribution in [0.5, 0.6) is 5.75 Å². The largest absolute Gasteiger partial charge is 0.484 e. The maximum absolute atomic E-state index is 12.8. The number of thiophene rings is 1. The molecule has 1 N–H and O–H groups in total. The van der Waals surface area contributed by atoms with Crippen molar-refractivity contribution in [2.75, 3.05) is 18.5 Å². The van der Waals surface area contributed by atoms with Crippen LogP contribution >= 0.6 is 11.3 Å². The molecule has 7 nitrogen and oxygen atoms in total. The summed E-state index contributed by atoms with van der Waals surface area (Å²) in [5.41, 5.74) is 6.11. The monoisotopic (exact) mass is 517 g/mol. The number of anilines is 1. The number of benzene rings is 2. The Labute approximate surface area is 218 Å². The zero-order chi connectivity index (χ0) is 26.1. The van der Waals surface area contributed by atoms with Crippen molar-refractivity contribution in [3.8, 4) is 16.9 Å². The van der Waals surface area contributed by atoms with Crippen molar-refractivity contribution in [3.63, 3.8) is 0 Å². The topological polar surface area (TPSA) is 94.8 Å². The normalized spacial score (nSPS) is 12.4. The van der Waals surface area contributed by atoms with E-state index in [2.05, 4.69) is 5.32 Å². The van der Waals surface area contributed by atoms with Crippen LogP contribution in [0.2, 0.25) is 0 Å². The van der Waals surface area contributed by atoms with E-state index in [1.54, 1.807) is 19.1 Å². The van der Waals surface area contributed by atoms with Crippen LogP contribution in [0.15, 0.2) is 51.0 Å². The highest BCUT2D eigenvalue weighted by Gasteiger charge is 2.24. The van der Waals surface area contributed by atoms with Gasteiger partial charge in [0.05, 0.1) is 6.61 Å². The summed E-state index contributed by atoms with van der Waals surface area (Å²) >= 11 is 1.26. The third-order valence-corrected chi connectivity index (χ3v) is 7.55. The van der Waals surface area contributed by atoms with Gasteiger partial charge in [-0.15, -0.1) is 11.3 Å². The van der Waals surface area contributed by atoms with Gasteiger partial charge in [0.25, 0.3) is 5.91 Å². The van der Waals surface area contributed by atoms with Gasteiger partial charge >= 0.3 is 11.6 Å². The molecule has 2 aromatic heterocycles. The fourth-order valence-electron chi connectivity index (χ4n) is 4.64. The number of carbonyl (C=O) groups is 2. The second-order valence-electron chi connectivity index (χ2n) is 9.07. The summed E-state index contributed by atoms with van der Waals surface area (Å²) in [6.45, 7) is 5.73. The van der Waals surface area contributed by atoms with E-state index in [4.69, 9.17) is 13.9 Å². The number of amides is 1. The first-order chi connectivity index (χ1) is 17.9. The molecular formula is C29H27NO6S. The molecule has 37 heavy (non-hydrogen) atoms. The molecule has 0 atom stereocenters. The number of ether oxygens (including phenoxy) is 2. The number of carbonyl (C=O) groups excluding carboxylic acids is 2. The van der Waals surface area contributed by atoms with Gasteiger partial charge in [0.1, 0.15) is 21.9 Å². The van der Waals surface area contributed by atoms with Gasteiger partial charge in [0.2, 0.25) is 0 Å². The van der Waals surface area contributed by atoms with Crippen LogP contribution in [0.1, 0.15) is 46.0 Å². The molecule has 8 heteroatoms. The summed E-state index contributed by atoms with van der Waals surface area (Å²) in [6.07, 6.45) is 2.54. The van der Waals surface area contributed by atoms with Crippen LogP contribution in [0, 0.1) is 13.8 Å². The van der Waals surface area contributed by atoms with Crippen molar-refractivity contribution in [1.82, 2.24) is 0 Å². The van der Waals surface area contributed by atoms with Gasteiger partial charge in [0.15, 0.2) is 6.61 Å². The van der Waals surface area contributed by atoms with E-state index in [0.717, 1.165) is 52.5 Å². The Balaban J connectivity index is 1.34. The first kappa shape index (κ1) is 24.8. The molecule has 1 aliphatic carbocycles. The summed E-state index contributed by atoms with van der Waals surface area (Å²) in [5, 5.41) is 5.95. The maximum Gasteiger partial charge on any atom is 0.341 e. The Hall–Kier alpha value is -3.91. The van der Waals surface area contributed by atoms with Crippen LogP contribution in [0.25, 0.3) is 22.1 Å². The fraction of sp³-hybridized carbons (Fsp3) is 0.276. The van der Waals surface area contributed by atoms with Crippen molar-refractivity contribution in [2.24, 2.45) is 0 Å². The van der Waals surface area contributed by atoms with Gasteiger partial charge < -0.3 is 19.2 Å². The first-order valence-electron chi connectivity index (χ1n) is 12.2. The second-order valence-corrected chi connectivity index (χ2v) is 9.95.